The van der Waals surface area contributed by atoms with Gasteiger partial charge in [0.05, 0.1) is 4.90 Å². The van der Waals surface area contributed by atoms with E-state index in [0.29, 0.717) is 28.5 Å². The minimum atomic E-state index is -3.58. The van der Waals surface area contributed by atoms with Gasteiger partial charge >= 0.3 is 0 Å². The maximum Gasteiger partial charge on any atom is 0.240 e. The fourth-order valence-electron chi connectivity index (χ4n) is 2.78. The number of halogens is 1. The van der Waals surface area contributed by atoms with E-state index in [1.165, 1.54) is 0 Å². The predicted octanol–water partition coefficient (Wildman–Crippen LogP) is 4.34. The molecule has 26 heavy (non-hydrogen) atoms. The standard InChI is InChI=1S/C19H20ClN3O2S/c1-3-4-11-21-26(24,25)17-12-14(10-9-13(17)2)18-15-7-5-6-8-16(15)19(20)23-22-18/h5-10,12,21H,3-4,11H2,1-2H3. The van der Waals surface area contributed by atoms with Crippen LogP contribution < -0.4 is 4.72 Å². The van der Waals surface area contributed by atoms with Crippen molar-refractivity contribution >= 4 is 32.4 Å². The Labute approximate surface area is 158 Å². The lowest BCUT2D eigenvalue weighted by Crippen LogP contribution is -2.25. The van der Waals surface area contributed by atoms with Crippen LogP contribution in [0.5, 0.6) is 0 Å². The first-order valence-corrected chi connectivity index (χ1v) is 10.3. The van der Waals surface area contributed by atoms with Gasteiger partial charge in [0.25, 0.3) is 0 Å². The van der Waals surface area contributed by atoms with Crippen molar-refractivity contribution in [2.24, 2.45) is 0 Å². The molecule has 0 bridgehead atoms. The Hall–Kier alpha value is -2.02. The Morgan fingerprint density at radius 2 is 1.81 bits per heavy atom. The van der Waals surface area contributed by atoms with Crippen molar-refractivity contribution in [1.29, 1.82) is 0 Å². The second kappa shape index (κ2) is 7.70. The summed E-state index contributed by atoms with van der Waals surface area (Å²) in [6.07, 6.45) is 1.72. The van der Waals surface area contributed by atoms with Gasteiger partial charge in [0.2, 0.25) is 10.0 Å². The summed E-state index contributed by atoms with van der Waals surface area (Å²) < 4.78 is 28.0. The molecule has 0 fully saturated rings. The van der Waals surface area contributed by atoms with Gasteiger partial charge in [0.1, 0.15) is 5.69 Å². The molecule has 136 valence electrons. The van der Waals surface area contributed by atoms with E-state index in [2.05, 4.69) is 14.9 Å². The lowest BCUT2D eigenvalue weighted by Gasteiger charge is -2.12. The Bertz CT molecular complexity index is 1050. The number of hydrogen-bond acceptors (Lipinski definition) is 4. The molecular formula is C19H20ClN3O2S. The predicted molar refractivity (Wildman–Crippen MR) is 105 cm³/mol. The van der Waals surface area contributed by atoms with Gasteiger partial charge in [-0.25, -0.2) is 13.1 Å². The summed E-state index contributed by atoms with van der Waals surface area (Å²) in [5.74, 6) is 0. The SMILES string of the molecule is CCCCNS(=O)(=O)c1cc(-c2nnc(Cl)c3ccccc23)ccc1C. The van der Waals surface area contributed by atoms with E-state index in [0.717, 1.165) is 23.6 Å². The summed E-state index contributed by atoms with van der Waals surface area (Å²) in [5.41, 5.74) is 1.98. The van der Waals surface area contributed by atoms with Crippen LogP contribution in [0, 0.1) is 6.92 Å². The molecule has 2 aromatic carbocycles. The normalized spacial score (nSPS) is 11.8. The second-order valence-electron chi connectivity index (χ2n) is 6.12. The Kier molecular flexibility index (Phi) is 5.55. The number of fused-ring (bicyclic) bond motifs is 1. The summed E-state index contributed by atoms with van der Waals surface area (Å²) in [6, 6.07) is 12.8. The molecule has 0 aliphatic carbocycles. The van der Waals surface area contributed by atoms with Crippen molar-refractivity contribution in [3.05, 3.63) is 53.2 Å². The summed E-state index contributed by atoms with van der Waals surface area (Å²) in [4.78, 5) is 0.256. The van der Waals surface area contributed by atoms with Gasteiger partial charge in [-0.15, -0.1) is 10.2 Å². The van der Waals surface area contributed by atoms with Crippen LogP contribution in [-0.2, 0) is 10.0 Å². The van der Waals surface area contributed by atoms with Crippen LogP contribution in [-0.4, -0.2) is 25.2 Å². The average Bonchev–Trinajstić information content (AvgIpc) is 2.63. The first kappa shape index (κ1) is 18.8. The molecule has 7 heteroatoms. The number of aromatic nitrogens is 2. The lowest BCUT2D eigenvalue weighted by molar-refractivity contribution is 0.578. The number of benzene rings is 2. The summed E-state index contributed by atoms with van der Waals surface area (Å²) in [7, 11) is -3.58. The zero-order valence-electron chi connectivity index (χ0n) is 14.7. The third-order valence-electron chi connectivity index (χ3n) is 4.22. The minimum absolute atomic E-state index is 0.256. The fourth-order valence-corrected chi connectivity index (χ4v) is 4.33. The van der Waals surface area contributed by atoms with Crippen molar-refractivity contribution in [3.8, 4) is 11.3 Å². The van der Waals surface area contributed by atoms with Crippen LogP contribution in [0.15, 0.2) is 47.4 Å². The van der Waals surface area contributed by atoms with E-state index in [1.54, 1.807) is 19.1 Å². The molecule has 1 aromatic heterocycles. The van der Waals surface area contributed by atoms with E-state index in [-0.39, 0.29) is 4.90 Å². The number of nitrogens with zero attached hydrogens (tertiary/aromatic N) is 2. The maximum atomic E-state index is 12.7. The molecule has 0 spiro atoms. The number of unbranched alkanes of at least 4 members (excludes halogenated alkanes) is 1. The number of nitrogens with one attached hydrogen (secondary N) is 1. The second-order valence-corrected chi connectivity index (χ2v) is 8.21. The third-order valence-corrected chi connectivity index (χ3v) is 6.10. The van der Waals surface area contributed by atoms with Crippen LogP contribution in [0.2, 0.25) is 5.15 Å². The van der Waals surface area contributed by atoms with E-state index < -0.39 is 10.0 Å². The van der Waals surface area contributed by atoms with E-state index in [9.17, 15) is 8.42 Å². The van der Waals surface area contributed by atoms with Crippen LogP contribution >= 0.6 is 11.6 Å². The molecule has 0 saturated heterocycles. The van der Waals surface area contributed by atoms with Crippen LogP contribution in [0.4, 0.5) is 0 Å². The lowest BCUT2D eigenvalue weighted by atomic mass is 10.0. The Morgan fingerprint density at radius 1 is 1.08 bits per heavy atom. The quantitative estimate of drug-likeness (QED) is 0.636. The molecule has 0 saturated carbocycles. The molecular weight excluding hydrogens is 370 g/mol. The van der Waals surface area contributed by atoms with Crippen molar-refractivity contribution in [1.82, 2.24) is 14.9 Å². The van der Waals surface area contributed by atoms with Crippen LogP contribution in [0.1, 0.15) is 25.3 Å². The first-order valence-electron chi connectivity index (χ1n) is 8.45. The van der Waals surface area contributed by atoms with E-state index in [1.807, 2.05) is 37.3 Å². The molecule has 3 rings (SSSR count). The monoisotopic (exact) mass is 389 g/mol. The minimum Gasteiger partial charge on any atom is -0.211 e. The van der Waals surface area contributed by atoms with Crippen molar-refractivity contribution in [3.63, 3.8) is 0 Å². The molecule has 0 radical (unpaired) electrons. The topological polar surface area (TPSA) is 72.0 Å². The molecule has 3 aromatic rings. The molecule has 5 nitrogen and oxygen atoms in total. The van der Waals surface area contributed by atoms with Gasteiger partial charge in [-0.05, 0) is 25.0 Å². The van der Waals surface area contributed by atoms with Gasteiger partial charge in [-0.3, -0.25) is 0 Å². The molecule has 0 aliphatic rings. The van der Waals surface area contributed by atoms with Crippen LogP contribution in [0.3, 0.4) is 0 Å². The number of sulfonamides is 1. The number of hydrogen-bond donors (Lipinski definition) is 1. The summed E-state index contributed by atoms with van der Waals surface area (Å²) in [6.45, 7) is 4.22. The zero-order valence-corrected chi connectivity index (χ0v) is 16.2. The average molecular weight is 390 g/mol. The summed E-state index contributed by atoms with van der Waals surface area (Å²) in [5, 5.41) is 10.2. The van der Waals surface area contributed by atoms with Gasteiger partial charge in [-0.2, -0.15) is 0 Å². The Balaban J connectivity index is 2.10. The van der Waals surface area contributed by atoms with Gasteiger partial charge < -0.3 is 0 Å². The zero-order chi connectivity index (χ0) is 18.7. The van der Waals surface area contributed by atoms with Crippen molar-refractivity contribution in [2.75, 3.05) is 6.54 Å². The highest BCUT2D eigenvalue weighted by Crippen LogP contribution is 2.31. The van der Waals surface area contributed by atoms with Crippen LogP contribution in [0.25, 0.3) is 22.0 Å². The van der Waals surface area contributed by atoms with E-state index >= 15 is 0 Å². The summed E-state index contributed by atoms with van der Waals surface area (Å²) >= 11 is 6.14. The Morgan fingerprint density at radius 3 is 2.54 bits per heavy atom. The van der Waals surface area contributed by atoms with Crippen molar-refractivity contribution < 1.29 is 8.42 Å². The highest BCUT2D eigenvalue weighted by molar-refractivity contribution is 7.89. The molecule has 1 heterocycles. The van der Waals surface area contributed by atoms with E-state index in [4.69, 9.17) is 11.6 Å². The molecule has 0 unspecified atom stereocenters. The van der Waals surface area contributed by atoms with Gasteiger partial charge in [0, 0.05) is 22.9 Å². The highest BCUT2D eigenvalue weighted by Gasteiger charge is 2.18. The van der Waals surface area contributed by atoms with Gasteiger partial charge in [-0.1, -0.05) is 61.3 Å². The molecule has 0 aliphatic heterocycles. The third kappa shape index (κ3) is 3.72. The number of aryl methyl sites for hydroxylation is 1. The fraction of sp³-hybridized carbons (Fsp3) is 0.263. The van der Waals surface area contributed by atoms with Gasteiger partial charge in [0.15, 0.2) is 5.15 Å². The largest absolute Gasteiger partial charge is 0.240 e. The maximum absolute atomic E-state index is 12.7. The highest BCUT2D eigenvalue weighted by atomic mass is 35.5. The molecule has 1 N–H and O–H groups in total. The number of rotatable bonds is 6. The molecule has 0 atom stereocenters. The first-order chi connectivity index (χ1) is 12.4. The smallest absolute Gasteiger partial charge is 0.211 e. The molecule has 0 amide bonds. The van der Waals surface area contributed by atoms with Crippen molar-refractivity contribution in [2.45, 2.75) is 31.6 Å².